The van der Waals surface area contributed by atoms with Crippen LogP contribution in [0.1, 0.15) is 78.2 Å². The second-order valence-corrected chi connectivity index (χ2v) is 55.4. The number of benzene rings is 10. The number of rotatable bonds is 47. The van der Waals surface area contributed by atoms with E-state index in [9.17, 15) is 14.7 Å². The Hall–Kier alpha value is -7.77. The Morgan fingerprint density at radius 2 is 0.632 bits per heavy atom. The molecule has 0 saturated carbocycles. The topological polar surface area (TPSA) is 302 Å². The Kier molecular flexibility index (Phi) is 48.7. The minimum atomic E-state index is -1.64. The number of halogens is 3. The van der Waals surface area contributed by atoms with Gasteiger partial charge in [-0.25, -0.2) is 5.90 Å². The summed E-state index contributed by atoms with van der Waals surface area (Å²) in [6.45, 7) is 0.448. The number of carbonyl (C=O) groups is 2. The summed E-state index contributed by atoms with van der Waals surface area (Å²) in [5, 5.41) is 56.6. The number of aliphatic hydroxyl groups excluding tert-OH is 6. The van der Waals surface area contributed by atoms with Crippen LogP contribution in [0.3, 0.4) is 0 Å². The molecule has 0 spiro atoms. The number of nitrogens with two attached hydrogens (primary N) is 1. The Morgan fingerprint density at radius 1 is 0.384 bits per heavy atom. The van der Waals surface area contributed by atoms with Crippen LogP contribution in [0, 0.1) is 0 Å². The van der Waals surface area contributed by atoms with Crippen LogP contribution in [-0.2, 0) is 114 Å². The number of amides is 2. The molecule has 1 aliphatic heterocycles. The van der Waals surface area contributed by atoms with E-state index in [-0.39, 0.29) is 115 Å². The van der Waals surface area contributed by atoms with Crippen LogP contribution in [0.4, 0.5) is 0 Å². The van der Waals surface area contributed by atoms with Crippen molar-refractivity contribution >= 4 is 77.1 Å². The first-order valence-corrected chi connectivity index (χ1v) is 55.0. The Balaban J connectivity index is 0.000000275. The summed E-state index contributed by atoms with van der Waals surface area (Å²) in [5.74, 6) is 3.50. The monoisotopic (exact) mass is 2090 g/mol. The normalized spacial score (nSPS) is 14.7. The van der Waals surface area contributed by atoms with Gasteiger partial charge >= 0.3 is 89.8 Å². The molecule has 0 saturated heterocycles. The summed E-state index contributed by atoms with van der Waals surface area (Å²) in [4.78, 5) is 40.4. The number of carbonyl (C=O) groups excluding carboxylic acids is 2. The van der Waals surface area contributed by atoms with Crippen molar-refractivity contribution in [1.29, 1.82) is 0.594 Å². The molecular weight excluding hydrogens is 1970 g/mol. The summed E-state index contributed by atoms with van der Waals surface area (Å²) in [6, 6.07) is 95.8. The van der Waals surface area contributed by atoms with Gasteiger partial charge in [-0.2, -0.15) is 0 Å². The first-order chi connectivity index (χ1) is 60.8. The molecule has 0 aromatic heterocycles. The minimum absolute atomic E-state index is 0. The molecule has 0 radical (unpaired) electrons. The van der Waals surface area contributed by atoms with Gasteiger partial charge in [-0.15, -0.1) is 5.06 Å². The molecule has 11 rings (SSSR count). The number of fused-ring (bicyclic) bond motifs is 1. The molecule has 10 aromatic rings. The van der Waals surface area contributed by atoms with Crippen LogP contribution in [0.15, 0.2) is 297 Å². The van der Waals surface area contributed by atoms with Gasteiger partial charge in [0.1, 0.15) is 93.1 Å². The molecule has 1 aliphatic rings. The summed E-state index contributed by atoms with van der Waals surface area (Å²) in [6.07, 6.45) is -12.5. The molecule has 0 aliphatic carbocycles. The predicted octanol–water partition coefficient (Wildman–Crippen LogP) is 10.8. The third kappa shape index (κ3) is 37.5. The zero-order valence-electron chi connectivity index (χ0n) is 70.6. The first kappa shape index (κ1) is 103. The third-order valence-electron chi connectivity index (χ3n) is 18.9. The fourth-order valence-corrected chi connectivity index (χ4v) is 18.0. The molecule has 24 nitrogen and oxygen atoms in total. The number of thiocarbonyl (C=S) groups is 2. The summed E-state index contributed by atoms with van der Waals surface area (Å²) in [5.41, 5.74) is 9.60. The van der Waals surface area contributed by atoms with E-state index in [2.05, 4.69) is 53.6 Å². The number of alkyl halides is 1. The standard InChI is InChI=1S/C45H46N2O8S.C37H43NO6S.C7H8I3.C6H15NO6.CH4/c1-46(2)45(56)54-31-39(50-27-33-17-7-3-8-18-33)41(52-29-35-21-11-5-12-22-35)42(53-30-36-23-13-6-14-24-36)40(51-28-34-19-9-4-10-20-34)32-55-47-43(48)37-25-15-16-26-38(37)44(47)49;1-38(2)37(45)44-28-34(41-25-30-17-9-4-10-18-30)36(43-27-32-21-13-6-14-22-32)35(42-26-31-19-11-5-12-20-31)33(23-39)40-24-29-15-7-3-8-16-29;8-10(9)6-7-4-2-1-3-5-7;7-13-2-4(10)6(12)5(11)3(9)1-8;/h3-26,39-42H,27-32H2,1-2H3;3-22,33-36,39H,23-28H2,1-2H3;1-5,8H,6H2;3-6,8-12H,1-2,7H2;1H4/q;;-1;;/t39-,40-,41-,42-;33-,34-,35-,36-;;3-,4-,5-,6-;/m11.1./s1/i;;8D;;. The Morgan fingerprint density at radius 3 is 0.896 bits per heavy atom. The van der Waals surface area contributed by atoms with E-state index < -0.39 is 104 Å². The molecule has 12 atom stereocenters. The van der Waals surface area contributed by atoms with Gasteiger partial charge in [-0.05, 0) is 81.1 Å². The zero-order chi connectivity index (χ0) is 89.3. The van der Waals surface area contributed by atoms with Crippen LogP contribution in [-0.4, -0.2) is 209 Å². The molecule has 2 amide bonds. The molecule has 125 heavy (non-hydrogen) atoms. The van der Waals surface area contributed by atoms with Gasteiger partial charge in [-0.1, -0.05) is 262 Å². The molecule has 1 heterocycles. The molecule has 29 heteroatoms. The average molecular weight is 2090 g/mol. The van der Waals surface area contributed by atoms with Gasteiger partial charge in [0.15, 0.2) is 0 Å². The second kappa shape index (κ2) is 59.4. The van der Waals surface area contributed by atoms with E-state index in [1.165, 1.54) is 9.99 Å². The quantitative estimate of drug-likeness (QED) is 0.00613. The molecule has 0 bridgehead atoms. The second-order valence-electron chi connectivity index (χ2n) is 28.8. The van der Waals surface area contributed by atoms with Crippen molar-refractivity contribution in [3.63, 3.8) is 0 Å². The fourth-order valence-electron chi connectivity index (χ4n) is 12.2. The van der Waals surface area contributed by atoms with Gasteiger partial charge in [-0.3, -0.25) is 14.4 Å². The van der Waals surface area contributed by atoms with E-state index in [4.69, 9.17) is 103 Å². The van der Waals surface area contributed by atoms with Crippen LogP contribution >= 0.6 is 54.9 Å². The predicted molar refractivity (Wildman–Crippen MR) is 502 cm³/mol. The number of nitrogens with zero attached hydrogens (tertiary/aromatic N) is 3. The fraction of sp³-hybridized carbons (Fsp3) is 0.333. The SMILES string of the molecule is C.CN(C)C(=S)OC[C@@H](OCc1ccccc1)[C@@H](OCc1ccccc1)[C@H](OCc1ccccc1)[C@@H](CO)OCc1ccccc1.CN(C)C(=S)OC[C@@H](OCc1ccccc1)[C@@H](OCc1ccccc1)[C@H](OCc1ccccc1)[C@@H](CON1C(=O)c2ccccc2C1=O)OCc1ccccc1.NOC[C@@H](O)[C@@H](O)[C@H](O)[C@H](O)CO.[2H][I-]I(I)Cc1ccccc1. The summed E-state index contributed by atoms with van der Waals surface area (Å²) < 4.78 is 74.0. The van der Waals surface area contributed by atoms with Crippen molar-refractivity contribution in [3.8, 4) is 0 Å². The van der Waals surface area contributed by atoms with Gasteiger partial charge < -0.3 is 92.6 Å². The van der Waals surface area contributed by atoms with Crippen LogP contribution in [0.25, 0.3) is 0 Å². The molecule has 0 fully saturated rings. The van der Waals surface area contributed by atoms with Crippen LogP contribution in [0.2, 0.25) is 0 Å². The number of imide groups is 1. The number of aliphatic hydroxyl groups is 6. The van der Waals surface area contributed by atoms with Gasteiger partial charge in [0.25, 0.3) is 22.2 Å². The van der Waals surface area contributed by atoms with Crippen LogP contribution in [0.5, 0.6) is 0 Å². The first-order valence-electron chi connectivity index (χ1n) is 40.4. The molecular formula is C96H116I3N4O20S2-. The van der Waals surface area contributed by atoms with Gasteiger partial charge in [0.05, 0.1) is 83.8 Å². The van der Waals surface area contributed by atoms with Crippen molar-refractivity contribution in [3.05, 3.63) is 358 Å². The molecule has 8 N–H and O–H groups in total. The van der Waals surface area contributed by atoms with Gasteiger partial charge in [0.2, 0.25) is 0 Å². The molecule has 674 valence electrons. The van der Waals surface area contributed by atoms with E-state index >= 15 is 0 Å². The number of hydroxylamine groups is 2. The Bertz CT molecular complexity index is 4570. The third-order valence-corrected chi connectivity index (χ3v) is 25.2. The Labute approximate surface area is 771 Å². The average Bonchev–Trinajstić information content (AvgIpc) is 1.62. The van der Waals surface area contributed by atoms with Crippen LogP contribution < -0.4 is 24.3 Å². The maximum atomic E-state index is 13.4. The van der Waals surface area contributed by atoms with E-state index in [1.54, 1.807) is 48.2 Å². The summed E-state index contributed by atoms with van der Waals surface area (Å²) >= 11 is 12.5. The zero-order valence-corrected chi connectivity index (χ0v) is 77.7. The van der Waals surface area contributed by atoms with Crippen molar-refractivity contribution in [2.45, 2.75) is 138 Å². The number of hydrogen-bond donors (Lipinski definition) is 7. The molecule has 10 aromatic carbocycles. The van der Waals surface area contributed by atoms with Crippen molar-refractivity contribution in [2.24, 2.45) is 5.90 Å². The van der Waals surface area contributed by atoms with Crippen molar-refractivity contribution in [2.75, 3.05) is 67.8 Å². The summed E-state index contributed by atoms with van der Waals surface area (Å²) in [7, 11) is 7.27. The number of hydrogen-bond acceptors (Lipinski definition) is 23. The van der Waals surface area contributed by atoms with Gasteiger partial charge in [0, 0.05) is 28.2 Å². The maximum absolute atomic E-state index is 13.4. The van der Waals surface area contributed by atoms with Crippen molar-refractivity contribution < 1.29 is 116 Å². The van der Waals surface area contributed by atoms with E-state index in [0.717, 1.165) is 49.6 Å². The molecule has 0 unspecified atom stereocenters. The van der Waals surface area contributed by atoms with E-state index in [1.807, 2.05) is 263 Å². The van der Waals surface area contributed by atoms with E-state index in [0.29, 0.717) is 18.4 Å². The van der Waals surface area contributed by atoms with Crippen molar-refractivity contribution in [1.82, 2.24) is 14.9 Å². The number of ether oxygens (including phenoxy) is 10.